The Balaban J connectivity index is 1.71. The Morgan fingerprint density at radius 3 is 2.25 bits per heavy atom. The van der Waals surface area contributed by atoms with Crippen LogP contribution < -0.4 is 0 Å². The van der Waals surface area contributed by atoms with Gasteiger partial charge < -0.3 is 0 Å². The van der Waals surface area contributed by atoms with Gasteiger partial charge in [0.1, 0.15) is 0 Å². The lowest BCUT2D eigenvalue weighted by Gasteiger charge is -2.44. The second kappa shape index (κ2) is 5.98. The molecule has 150 valence electrons. The number of hydrogen-bond acceptors (Lipinski definition) is 3. The zero-order chi connectivity index (χ0) is 20.6. The van der Waals surface area contributed by atoms with E-state index in [0.717, 1.165) is 5.56 Å². The number of thioether (sulfide) groups is 1. The molecular formula is C24H31NO2S. The van der Waals surface area contributed by atoms with E-state index in [4.69, 9.17) is 0 Å². The van der Waals surface area contributed by atoms with Crippen LogP contribution in [0.2, 0.25) is 0 Å². The van der Waals surface area contributed by atoms with Crippen molar-refractivity contribution in [2.45, 2.75) is 66.2 Å². The van der Waals surface area contributed by atoms with Gasteiger partial charge in [0, 0.05) is 22.0 Å². The Morgan fingerprint density at radius 1 is 1.07 bits per heavy atom. The van der Waals surface area contributed by atoms with Gasteiger partial charge in [-0.3, -0.25) is 14.5 Å². The minimum atomic E-state index is -0.213. The number of nitrogens with zero attached hydrogens (tertiary/aromatic N) is 1. The number of allylic oxidation sites excluding steroid dienone is 1. The highest BCUT2D eigenvalue weighted by atomic mass is 32.2. The fraction of sp³-hybridized carbons (Fsp3) is 0.583. The smallest absolute Gasteiger partial charge is 0.274 e. The summed E-state index contributed by atoms with van der Waals surface area (Å²) in [5, 5.41) is 0.0759. The predicted molar refractivity (Wildman–Crippen MR) is 115 cm³/mol. The molecule has 0 radical (unpaired) electrons. The first-order chi connectivity index (χ1) is 13.0. The molecule has 1 aromatic rings. The second-order valence-corrected chi connectivity index (χ2v) is 10.9. The van der Waals surface area contributed by atoms with Gasteiger partial charge in [0.2, 0.25) is 5.91 Å². The van der Waals surface area contributed by atoms with E-state index in [0.29, 0.717) is 6.42 Å². The minimum Gasteiger partial charge on any atom is -0.274 e. The van der Waals surface area contributed by atoms with Crippen LogP contribution in [0.3, 0.4) is 0 Å². The van der Waals surface area contributed by atoms with Gasteiger partial charge in [-0.05, 0) is 31.2 Å². The molecule has 1 heterocycles. The van der Waals surface area contributed by atoms with Crippen LogP contribution in [0.15, 0.2) is 41.5 Å². The van der Waals surface area contributed by atoms with Gasteiger partial charge in [-0.1, -0.05) is 87.9 Å². The van der Waals surface area contributed by atoms with Gasteiger partial charge in [0.15, 0.2) is 0 Å². The van der Waals surface area contributed by atoms with Gasteiger partial charge in [-0.15, -0.1) is 0 Å². The van der Waals surface area contributed by atoms with Crippen molar-refractivity contribution in [3.05, 3.63) is 47.0 Å². The summed E-state index contributed by atoms with van der Waals surface area (Å²) in [5.41, 5.74) is 3.65. The molecule has 4 rings (SSSR count). The minimum absolute atomic E-state index is 0.00159. The molecule has 2 aliphatic carbocycles. The second-order valence-electron chi connectivity index (χ2n) is 9.83. The third-order valence-corrected chi connectivity index (χ3v) is 10.3. The van der Waals surface area contributed by atoms with E-state index in [2.05, 4.69) is 41.5 Å². The summed E-state index contributed by atoms with van der Waals surface area (Å²) in [4.78, 5) is 28.2. The van der Waals surface area contributed by atoms with E-state index in [1.165, 1.54) is 22.9 Å². The average molecular weight is 398 g/mol. The van der Waals surface area contributed by atoms with Crippen molar-refractivity contribution in [2.75, 3.05) is 0 Å². The number of imide groups is 1. The molecule has 4 heteroatoms. The molecule has 0 N–H and O–H groups in total. The number of benzene rings is 1. The van der Waals surface area contributed by atoms with Crippen molar-refractivity contribution in [2.24, 2.45) is 22.2 Å². The Kier molecular flexibility index (Phi) is 4.22. The van der Waals surface area contributed by atoms with Crippen molar-refractivity contribution in [1.29, 1.82) is 0 Å². The highest BCUT2D eigenvalue weighted by Crippen LogP contribution is 2.78. The highest BCUT2D eigenvalue weighted by molar-refractivity contribution is 8.14. The monoisotopic (exact) mass is 397 g/mol. The average Bonchev–Trinajstić information content (AvgIpc) is 3.10. The van der Waals surface area contributed by atoms with Gasteiger partial charge in [0.05, 0.1) is 6.04 Å². The first-order valence-electron chi connectivity index (χ1n) is 10.3. The van der Waals surface area contributed by atoms with Crippen LogP contribution in [-0.2, 0) is 11.2 Å². The first kappa shape index (κ1) is 19.8. The molecule has 2 bridgehead atoms. The number of carbonyl (C=O) groups is 2. The third kappa shape index (κ3) is 2.08. The van der Waals surface area contributed by atoms with Crippen LogP contribution in [0.4, 0.5) is 4.79 Å². The number of carbonyl (C=O) groups excluding carboxylic acids is 2. The van der Waals surface area contributed by atoms with E-state index >= 15 is 0 Å². The molecule has 0 aromatic heterocycles. The van der Waals surface area contributed by atoms with Gasteiger partial charge in [-0.25, -0.2) is 0 Å². The molecule has 1 aliphatic heterocycles. The van der Waals surface area contributed by atoms with Gasteiger partial charge in [0.25, 0.3) is 5.24 Å². The molecule has 2 fully saturated rings. The molecule has 0 unspecified atom stereocenters. The maximum absolute atomic E-state index is 13.5. The SMILES string of the molecule is CC1=C(C)[C@]2(C)[C@@H]3SC(=O)N(C(=O)[C@@H](C)Cc4ccccc4)[C@@H]3[C@@]1(C)C2(C)C. The van der Waals surface area contributed by atoms with Crippen LogP contribution in [-0.4, -0.2) is 27.3 Å². The van der Waals surface area contributed by atoms with Crippen LogP contribution in [0, 0.1) is 22.2 Å². The summed E-state index contributed by atoms with van der Waals surface area (Å²) in [5.74, 6) is -0.234. The number of rotatable bonds is 3. The van der Waals surface area contributed by atoms with E-state index in [9.17, 15) is 9.59 Å². The fourth-order valence-electron chi connectivity index (χ4n) is 6.41. The fourth-order valence-corrected chi connectivity index (χ4v) is 8.17. The molecule has 1 saturated carbocycles. The Hall–Kier alpha value is -1.55. The molecule has 3 nitrogen and oxygen atoms in total. The summed E-state index contributed by atoms with van der Waals surface area (Å²) in [6, 6.07) is 10.0. The number of hydrogen-bond donors (Lipinski definition) is 0. The maximum Gasteiger partial charge on any atom is 0.288 e. The summed E-state index contributed by atoms with van der Waals surface area (Å²) in [6.45, 7) is 15.6. The van der Waals surface area contributed by atoms with E-state index in [1.807, 2.05) is 37.3 Å². The summed E-state index contributed by atoms with van der Waals surface area (Å²) >= 11 is 1.40. The summed E-state index contributed by atoms with van der Waals surface area (Å²) in [7, 11) is 0. The molecule has 28 heavy (non-hydrogen) atoms. The molecule has 0 spiro atoms. The van der Waals surface area contributed by atoms with Crippen LogP contribution in [0.25, 0.3) is 0 Å². The highest BCUT2D eigenvalue weighted by Gasteiger charge is 2.78. The summed E-state index contributed by atoms with van der Waals surface area (Å²) in [6.07, 6.45) is 0.663. The lowest BCUT2D eigenvalue weighted by atomic mass is 9.62. The molecule has 5 atom stereocenters. The largest absolute Gasteiger partial charge is 0.288 e. The normalized spacial score (nSPS) is 36.8. The molecular weight excluding hydrogens is 366 g/mol. The van der Waals surface area contributed by atoms with Crippen LogP contribution >= 0.6 is 11.8 Å². The lowest BCUT2D eigenvalue weighted by molar-refractivity contribution is -0.134. The van der Waals surface area contributed by atoms with Crippen molar-refractivity contribution in [3.8, 4) is 0 Å². The zero-order valence-corrected chi connectivity index (χ0v) is 18.8. The quantitative estimate of drug-likeness (QED) is 0.614. The standard InChI is InChI=1S/C24H31NO2S/c1-14(13-17-11-9-8-10-12-17)20(26)25-18-19(28-21(25)27)24(7)16(3)15(2)23(18,6)22(24,4)5/h8-12,14,18-19H,13H2,1-7H3/t14-,18-,19+,23-,24+/m0/s1. The number of fused-ring (bicyclic) bond motifs is 5. The maximum atomic E-state index is 13.5. The van der Waals surface area contributed by atoms with Crippen molar-refractivity contribution in [1.82, 2.24) is 4.90 Å². The predicted octanol–water partition coefficient (Wildman–Crippen LogP) is 5.70. The Bertz CT molecular complexity index is 889. The topological polar surface area (TPSA) is 37.4 Å². The molecule has 3 aliphatic rings. The van der Waals surface area contributed by atoms with Crippen LogP contribution in [0.1, 0.15) is 54.0 Å². The third-order valence-electron chi connectivity index (χ3n) is 8.91. The Morgan fingerprint density at radius 2 is 1.64 bits per heavy atom. The van der Waals surface area contributed by atoms with E-state index in [1.54, 1.807) is 4.90 Å². The molecule has 1 saturated heterocycles. The van der Waals surface area contributed by atoms with Gasteiger partial charge in [-0.2, -0.15) is 0 Å². The molecule has 1 aromatic carbocycles. The van der Waals surface area contributed by atoms with Crippen molar-refractivity contribution in [3.63, 3.8) is 0 Å². The van der Waals surface area contributed by atoms with Gasteiger partial charge >= 0.3 is 0 Å². The lowest BCUT2D eigenvalue weighted by Crippen LogP contribution is -2.52. The van der Waals surface area contributed by atoms with Crippen molar-refractivity contribution >= 4 is 22.9 Å². The van der Waals surface area contributed by atoms with E-state index in [-0.39, 0.29) is 44.6 Å². The van der Waals surface area contributed by atoms with Crippen LogP contribution in [0.5, 0.6) is 0 Å². The number of amides is 2. The zero-order valence-electron chi connectivity index (χ0n) is 18.0. The summed E-state index contributed by atoms with van der Waals surface area (Å²) < 4.78 is 0. The first-order valence-corrected chi connectivity index (χ1v) is 11.1. The van der Waals surface area contributed by atoms with E-state index < -0.39 is 0 Å². The molecule has 2 amide bonds. The Labute approximate surface area is 172 Å². The van der Waals surface area contributed by atoms with Crippen molar-refractivity contribution < 1.29 is 9.59 Å².